The van der Waals surface area contributed by atoms with Gasteiger partial charge in [-0.3, -0.25) is 4.79 Å². The molecular weight excluding hydrogens is 244 g/mol. The molecule has 0 aliphatic rings. The Labute approximate surface area is 113 Å². The average Bonchev–Trinajstić information content (AvgIpc) is 2.38. The van der Waals surface area contributed by atoms with Crippen LogP contribution in [0.25, 0.3) is 0 Å². The Morgan fingerprint density at radius 1 is 1.26 bits per heavy atom. The SMILES string of the molecule is CCN(CC)C(=O)Nc1cccc(CCC(=O)O)c1. The summed E-state index contributed by atoms with van der Waals surface area (Å²) in [4.78, 5) is 24.1. The summed E-state index contributed by atoms with van der Waals surface area (Å²) < 4.78 is 0. The molecule has 0 unspecified atom stereocenters. The Morgan fingerprint density at radius 3 is 2.53 bits per heavy atom. The van der Waals surface area contributed by atoms with Crippen LogP contribution >= 0.6 is 0 Å². The molecule has 19 heavy (non-hydrogen) atoms. The molecule has 0 aliphatic heterocycles. The Balaban J connectivity index is 2.66. The zero-order valence-electron chi connectivity index (χ0n) is 11.3. The lowest BCUT2D eigenvalue weighted by molar-refractivity contribution is -0.136. The molecule has 0 radical (unpaired) electrons. The first-order valence-corrected chi connectivity index (χ1v) is 6.43. The predicted molar refractivity (Wildman–Crippen MR) is 74.3 cm³/mol. The first kappa shape index (κ1) is 15.0. The van der Waals surface area contributed by atoms with Crippen molar-refractivity contribution >= 4 is 17.7 Å². The van der Waals surface area contributed by atoms with E-state index in [1.54, 1.807) is 11.0 Å². The molecule has 104 valence electrons. The van der Waals surface area contributed by atoms with Crippen LogP contribution in [0.1, 0.15) is 25.8 Å². The topological polar surface area (TPSA) is 69.6 Å². The van der Waals surface area contributed by atoms with E-state index in [4.69, 9.17) is 5.11 Å². The number of anilines is 1. The number of carbonyl (C=O) groups excluding carboxylic acids is 1. The minimum absolute atomic E-state index is 0.0907. The van der Waals surface area contributed by atoms with Crippen molar-refractivity contribution in [1.29, 1.82) is 0 Å². The van der Waals surface area contributed by atoms with Gasteiger partial charge in [0.25, 0.3) is 0 Å². The number of rotatable bonds is 6. The summed E-state index contributed by atoms with van der Waals surface area (Å²) in [6, 6.07) is 7.14. The number of benzene rings is 1. The molecule has 1 rings (SSSR count). The first-order valence-electron chi connectivity index (χ1n) is 6.43. The minimum Gasteiger partial charge on any atom is -0.481 e. The lowest BCUT2D eigenvalue weighted by Gasteiger charge is -2.19. The smallest absolute Gasteiger partial charge is 0.321 e. The highest BCUT2D eigenvalue weighted by Gasteiger charge is 2.09. The molecule has 5 nitrogen and oxygen atoms in total. The van der Waals surface area contributed by atoms with Crippen LogP contribution in [0.15, 0.2) is 24.3 Å². The Hall–Kier alpha value is -2.04. The molecule has 0 fully saturated rings. The second kappa shape index (κ2) is 7.41. The van der Waals surface area contributed by atoms with Gasteiger partial charge in [-0.1, -0.05) is 12.1 Å². The van der Waals surface area contributed by atoms with E-state index in [0.29, 0.717) is 25.2 Å². The summed E-state index contributed by atoms with van der Waals surface area (Å²) in [7, 11) is 0. The van der Waals surface area contributed by atoms with Crippen LogP contribution in [-0.4, -0.2) is 35.1 Å². The lowest BCUT2D eigenvalue weighted by atomic mass is 10.1. The van der Waals surface area contributed by atoms with Gasteiger partial charge in [0, 0.05) is 25.2 Å². The maximum absolute atomic E-state index is 11.9. The number of urea groups is 1. The molecule has 0 saturated carbocycles. The van der Waals surface area contributed by atoms with Gasteiger partial charge in [-0.2, -0.15) is 0 Å². The molecule has 0 aromatic heterocycles. The Kier molecular flexibility index (Phi) is 5.85. The zero-order valence-corrected chi connectivity index (χ0v) is 11.3. The minimum atomic E-state index is -0.822. The number of hydrogen-bond acceptors (Lipinski definition) is 2. The normalized spacial score (nSPS) is 10.0. The molecule has 0 saturated heterocycles. The lowest BCUT2D eigenvalue weighted by Crippen LogP contribution is -2.34. The van der Waals surface area contributed by atoms with Gasteiger partial charge < -0.3 is 15.3 Å². The third kappa shape index (κ3) is 4.99. The maximum Gasteiger partial charge on any atom is 0.321 e. The van der Waals surface area contributed by atoms with Gasteiger partial charge >= 0.3 is 12.0 Å². The molecular formula is C14H20N2O3. The van der Waals surface area contributed by atoms with Crippen molar-refractivity contribution < 1.29 is 14.7 Å². The zero-order chi connectivity index (χ0) is 14.3. The second-order valence-electron chi connectivity index (χ2n) is 4.20. The summed E-state index contributed by atoms with van der Waals surface area (Å²) in [6.45, 7) is 5.15. The van der Waals surface area contributed by atoms with Gasteiger partial charge in [-0.25, -0.2) is 4.79 Å². The van der Waals surface area contributed by atoms with Crippen molar-refractivity contribution in [3.63, 3.8) is 0 Å². The summed E-state index contributed by atoms with van der Waals surface area (Å²) in [5.74, 6) is -0.822. The number of carboxylic acid groups (broad SMARTS) is 1. The summed E-state index contributed by atoms with van der Waals surface area (Å²) in [6.07, 6.45) is 0.553. The van der Waals surface area contributed by atoms with Gasteiger partial charge in [0.1, 0.15) is 0 Å². The third-order valence-corrected chi connectivity index (χ3v) is 2.86. The van der Waals surface area contributed by atoms with Crippen molar-refractivity contribution in [2.24, 2.45) is 0 Å². The molecule has 2 amide bonds. The van der Waals surface area contributed by atoms with Crippen molar-refractivity contribution in [2.75, 3.05) is 18.4 Å². The van der Waals surface area contributed by atoms with E-state index in [2.05, 4.69) is 5.32 Å². The third-order valence-electron chi connectivity index (χ3n) is 2.86. The number of carbonyl (C=O) groups is 2. The Bertz CT molecular complexity index is 442. The average molecular weight is 264 g/mol. The van der Waals surface area contributed by atoms with Crippen molar-refractivity contribution in [3.05, 3.63) is 29.8 Å². The molecule has 0 bridgehead atoms. The van der Waals surface area contributed by atoms with Crippen LogP contribution in [0.4, 0.5) is 10.5 Å². The first-order chi connectivity index (χ1) is 9.06. The van der Waals surface area contributed by atoms with Crippen molar-refractivity contribution in [2.45, 2.75) is 26.7 Å². The fourth-order valence-corrected chi connectivity index (χ4v) is 1.77. The number of hydrogen-bond donors (Lipinski definition) is 2. The molecule has 0 spiro atoms. The van der Waals surface area contributed by atoms with Crippen LogP contribution in [0.5, 0.6) is 0 Å². The number of amides is 2. The summed E-state index contributed by atoms with van der Waals surface area (Å²) in [5, 5.41) is 11.5. The predicted octanol–water partition coefficient (Wildman–Crippen LogP) is 2.58. The molecule has 5 heteroatoms. The highest BCUT2D eigenvalue weighted by atomic mass is 16.4. The van der Waals surface area contributed by atoms with E-state index in [9.17, 15) is 9.59 Å². The highest BCUT2D eigenvalue weighted by Crippen LogP contribution is 2.13. The highest BCUT2D eigenvalue weighted by molar-refractivity contribution is 5.89. The van der Waals surface area contributed by atoms with Crippen LogP contribution in [-0.2, 0) is 11.2 Å². The number of aliphatic carboxylic acids is 1. The fraction of sp³-hybridized carbons (Fsp3) is 0.429. The van der Waals surface area contributed by atoms with E-state index in [1.807, 2.05) is 32.0 Å². The molecule has 2 N–H and O–H groups in total. The van der Waals surface area contributed by atoms with Gasteiger partial charge in [-0.05, 0) is 38.0 Å². The van der Waals surface area contributed by atoms with Gasteiger partial charge in [-0.15, -0.1) is 0 Å². The standard InChI is InChI=1S/C14H20N2O3/c1-3-16(4-2)14(19)15-12-7-5-6-11(10-12)8-9-13(17)18/h5-7,10H,3-4,8-9H2,1-2H3,(H,15,19)(H,17,18). The second-order valence-corrected chi connectivity index (χ2v) is 4.20. The Morgan fingerprint density at radius 2 is 1.95 bits per heavy atom. The largest absolute Gasteiger partial charge is 0.481 e. The summed E-state index contributed by atoms with van der Waals surface area (Å²) >= 11 is 0. The van der Waals surface area contributed by atoms with Gasteiger partial charge in [0.2, 0.25) is 0 Å². The number of nitrogens with zero attached hydrogens (tertiary/aromatic N) is 1. The fourth-order valence-electron chi connectivity index (χ4n) is 1.77. The van der Waals surface area contributed by atoms with E-state index in [0.717, 1.165) is 5.56 Å². The molecule has 0 heterocycles. The van der Waals surface area contributed by atoms with Crippen LogP contribution < -0.4 is 5.32 Å². The monoisotopic (exact) mass is 264 g/mol. The molecule has 0 aliphatic carbocycles. The van der Waals surface area contributed by atoms with E-state index in [-0.39, 0.29) is 12.5 Å². The van der Waals surface area contributed by atoms with E-state index >= 15 is 0 Å². The molecule has 1 aromatic carbocycles. The maximum atomic E-state index is 11.9. The number of carboxylic acids is 1. The molecule has 0 atom stereocenters. The van der Waals surface area contributed by atoms with Gasteiger partial charge in [0.15, 0.2) is 0 Å². The van der Waals surface area contributed by atoms with Gasteiger partial charge in [0.05, 0.1) is 0 Å². The van der Waals surface area contributed by atoms with E-state index in [1.165, 1.54) is 0 Å². The van der Waals surface area contributed by atoms with Crippen LogP contribution in [0, 0.1) is 0 Å². The number of aryl methyl sites for hydroxylation is 1. The van der Waals surface area contributed by atoms with E-state index < -0.39 is 5.97 Å². The molecule has 1 aromatic rings. The summed E-state index contributed by atoms with van der Waals surface area (Å²) in [5.41, 5.74) is 1.60. The van der Waals surface area contributed by atoms with Crippen molar-refractivity contribution in [1.82, 2.24) is 4.90 Å². The van der Waals surface area contributed by atoms with Crippen LogP contribution in [0.3, 0.4) is 0 Å². The van der Waals surface area contributed by atoms with Crippen LogP contribution in [0.2, 0.25) is 0 Å². The van der Waals surface area contributed by atoms with Crippen molar-refractivity contribution in [3.8, 4) is 0 Å². The quantitative estimate of drug-likeness (QED) is 0.829. The number of nitrogens with one attached hydrogen (secondary N) is 1.